The van der Waals surface area contributed by atoms with Gasteiger partial charge in [0.15, 0.2) is 0 Å². The first-order valence-electron chi connectivity index (χ1n) is 12.5. The maximum absolute atomic E-state index is 13.7. The lowest BCUT2D eigenvalue weighted by atomic mass is 9.91. The summed E-state index contributed by atoms with van der Waals surface area (Å²) >= 11 is 0. The van der Waals surface area contributed by atoms with Crippen molar-refractivity contribution in [3.63, 3.8) is 0 Å². The smallest absolute Gasteiger partial charge is 0.435 e. The minimum absolute atomic E-state index is 0.0643. The number of nitrogens with zero attached hydrogens (tertiary/aromatic N) is 3. The van der Waals surface area contributed by atoms with Crippen LogP contribution in [-0.2, 0) is 17.6 Å². The fraction of sp³-hybridized carbons (Fsp3) is 0.367. The molecule has 0 spiro atoms. The highest BCUT2D eigenvalue weighted by Gasteiger charge is 2.39. The van der Waals surface area contributed by atoms with Gasteiger partial charge in [-0.1, -0.05) is 30.2 Å². The predicted octanol–water partition coefficient (Wildman–Crippen LogP) is 5.48. The number of aromatic nitrogens is 2. The van der Waals surface area contributed by atoms with Crippen LogP contribution in [0, 0.1) is 12.3 Å². The molecule has 0 radical (unpaired) electrons. The molecule has 6 heteroatoms. The Morgan fingerprint density at radius 1 is 1.06 bits per heavy atom. The summed E-state index contributed by atoms with van der Waals surface area (Å²) in [5.41, 5.74) is 4.93. The molecule has 184 valence electrons. The van der Waals surface area contributed by atoms with E-state index in [1.54, 1.807) is 6.20 Å². The van der Waals surface area contributed by atoms with E-state index >= 15 is 0 Å². The van der Waals surface area contributed by atoms with Crippen LogP contribution in [0.3, 0.4) is 0 Å². The third-order valence-electron chi connectivity index (χ3n) is 6.69. The molecule has 3 aromatic rings. The van der Waals surface area contributed by atoms with Gasteiger partial charge >= 0.3 is 6.09 Å². The summed E-state index contributed by atoms with van der Waals surface area (Å²) < 4.78 is 6.76. The standard InChI is InChI=1S/C30H31N3O3/c1-5-20-7-6-8-23(17-20)21-9-11-22(12-10-21)28(34)33(25-13-14-25)26-15-16-27-24(18-26)19-32(31-27)29(35)36-30(2,3)4/h1,6-12,17,19,25-26H,13-16,18H2,2-4H3. The molecule has 2 aromatic carbocycles. The largest absolute Gasteiger partial charge is 0.442 e. The number of fused-ring (bicyclic) bond motifs is 1. The van der Waals surface area contributed by atoms with Crippen molar-refractivity contribution in [2.75, 3.05) is 0 Å². The topological polar surface area (TPSA) is 64.4 Å². The second kappa shape index (κ2) is 9.31. The Labute approximate surface area is 212 Å². The molecule has 0 N–H and O–H groups in total. The van der Waals surface area contributed by atoms with E-state index in [9.17, 15) is 9.59 Å². The Hall–Kier alpha value is -3.85. The van der Waals surface area contributed by atoms with Crippen molar-refractivity contribution in [3.05, 3.63) is 77.1 Å². The van der Waals surface area contributed by atoms with Crippen LogP contribution < -0.4 is 0 Å². The third kappa shape index (κ3) is 5.06. The van der Waals surface area contributed by atoms with Crippen molar-refractivity contribution in [1.82, 2.24) is 14.7 Å². The molecule has 36 heavy (non-hydrogen) atoms. The van der Waals surface area contributed by atoms with Crippen LogP contribution >= 0.6 is 0 Å². The number of amides is 1. The lowest BCUT2D eigenvalue weighted by Crippen LogP contribution is -2.44. The maximum atomic E-state index is 13.7. The molecule has 1 fully saturated rings. The highest BCUT2D eigenvalue weighted by atomic mass is 16.6. The fourth-order valence-corrected chi connectivity index (χ4v) is 4.85. The minimum Gasteiger partial charge on any atom is -0.442 e. The van der Waals surface area contributed by atoms with E-state index in [1.165, 1.54) is 4.68 Å². The average molecular weight is 482 g/mol. The highest BCUT2D eigenvalue weighted by molar-refractivity contribution is 5.95. The molecule has 2 aliphatic carbocycles. The van der Waals surface area contributed by atoms with Crippen molar-refractivity contribution >= 4 is 12.0 Å². The van der Waals surface area contributed by atoms with Gasteiger partial charge in [0.1, 0.15) is 5.60 Å². The first kappa shape index (κ1) is 23.9. The van der Waals surface area contributed by atoms with E-state index in [4.69, 9.17) is 11.2 Å². The molecule has 1 heterocycles. The number of hydrogen-bond acceptors (Lipinski definition) is 4. The number of terminal acetylenes is 1. The molecule has 1 aromatic heterocycles. The highest BCUT2D eigenvalue weighted by Crippen LogP contribution is 2.35. The van der Waals surface area contributed by atoms with Gasteiger partial charge in [-0.15, -0.1) is 6.42 Å². The predicted molar refractivity (Wildman–Crippen MR) is 139 cm³/mol. The van der Waals surface area contributed by atoms with E-state index in [1.807, 2.05) is 69.3 Å². The van der Waals surface area contributed by atoms with Crippen LogP contribution in [0.25, 0.3) is 11.1 Å². The summed E-state index contributed by atoms with van der Waals surface area (Å²) in [5.74, 6) is 2.73. The number of carbonyl (C=O) groups is 2. The third-order valence-corrected chi connectivity index (χ3v) is 6.69. The van der Waals surface area contributed by atoms with Crippen molar-refractivity contribution in [2.45, 2.75) is 70.6 Å². The zero-order chi connectivity index (χ0) is 25.4. The Morgan fingerprint density at radius 2 is 1.81 bits per heavy atom. The van der Waals surface area contributed by atoms with Crippen molar-refractivity contribution < 1.29 is 14.3 Å². The van der Waals surface area contributed by atoms with E-state index in [2.05, 4.69) is 15.9 Å². The lowest BCUT2D eigenvalue weighted by Gasteiger charge is -2.34. The summed E-state index contributed by atoms with van der Waals surface area (Å²) in [6.07, 6.45) is 11.2. The van der Waals surface area contributed by atoms with Gasteiger partial charge in [-0.3, -0.25) is 4.79 Å². The van der Waals surface area contributed by atoms with Crippen LogP contribution in [0.4, 0.5) is 4.79 Å². The molecule has 1 amide bonds. The molecule has 6 nitrogen and oxygen atoms in total. The van der Waals surface area contributed by atoms with Crippen LogP contribution in [0.2, 0.25) is 0 Å². The van der Waals surface area contributed by atoms with E-state index in [0.717, 1.165) is 53.6 Å². The number of ether oxygens (including phenoxy) is 1. The van der Waals surface area contributed by atoms with E-state index in [-0.39, 0.29) is 18.0 Å². The Kier molecular flexibility index (Phi) is 6.17. The number of rotatable bonds is 4. The Bertz CT molecular complexity index is 1340. The summed E-state index contributed by atoms with van der Waals surface area (Å²) in [6.45, 7) is 5.51. The Balaban J connectivity index is 1.33. The number of benzene rings is 2. The second-order valence-corrected chi connectivity index (χ2v) is 10.7. The molecule has 1 saturated carbocycles. The van der Waals surface area contributed by atoms with Gasteiger partial charge in [0.25, 0.3) is 5.91 Å². The van der Waals surface area contributed by atoms with Crippen LogP contribution in [-0.4, -0.2) is 44.4 Å². The van der Waals surface area contributed by atoms with E-state index < -0.39 is 11.7 Å². The molecular formula is C30H31N3O3. The monoisotopic (exact) mass is 481 g/mol. The van der Waals surface area contributed by atoms with Gasteiger partial charge < -0.3 is 9.64 Å². The minimum atomic E-state index is -0.582. The van der Waals surface area contributed by atoms with Gasteiger partial charge in [0.2, 0.25) is 0 Å². The van der Waals surface area contributed by atoms with E-state index in [0.29, 0.717) is 12.0 Å². The summed E-state index contributed by atoms with van der Waals surface area (Å²) in [6, 6.07) is 16.0. The first-order valence-corrected chi connectivity index (χ1v) is 12.5. The van der Waals surface area contributed by atoms with Crippen molar-refractivity contribution in [1.29, 1.82) is 0 Å². The molecule has 0 aliphatic heterocycles. The van der Waals surface area contributed by atoms with Crippen LogP contribution in [0.1, 0.15) is 67.2 Å². The molecule has 1 unspecified atom stereocenters. The van der Waals surface area contributed by atoms with Gasteiger partial charge in [0.05, 0.1) is 5.69 Å². The first-order chi connectivity index (χ1) is 17.2. The zero-order valence-electron chi connectivity index (χ0n) is 21.0. The summed E-state index contributed by atoms with van der Waals surface area (Å²) in [5, 5.41) is 4.47. The summed E-state index contributed by atoms with van der Waals surface area (Å²) in [4.78, 5) is 28.2. The summed E-state index contributed by atoms with van der Waals surface area (Å²) in [7, 11) is 0. The quantitative estimate of drug-likeness (QED) is 0.463. The Morgan fingerprint density at radius 3 is 2.47 bits per heavy atom. The SMILES string of the molecule is C#Cc1cccc(-c2ccc(C(=O)N(C3CC3)C3CCc4nn(C(=O)OC(C)(C)C)cc4C3)cc2)c1. The van der Waals surface area contributed by atoms with Crippen molar-refractivity contribution in [3.8, 4) is 23.5 Å². The maximum Gasteiger partial charge on any atom is 0.435 e. The van der Waals surface area contributed by atoms with Crippen LogP contribution in [0.5, 0.6) is 0 Å². The van der Waals surface area contributed by atoms with Gasteiger partial charge in [0, 0.05) is 29.4 Å². The normalized spacial score (nSPS) is 17.1. The van der Waals surface area contributed by atoms with Crippen molar-refractivity contribution in [2.24, 2.45) is 0 Å². The van der Waals surface area contributed by atoms with Crippen LogP contribution in [0.15, 0.2) is 54.7 Å². The number of hydrogen-bond donors (Lipinski definition) is 0. The number of aryl methyl sites for hydroxylation is 1. The number of carbonyl (C=O) groups excluding carboxylic acids is 2. The lowest BCUT2D eigenvalue weighted by molar-refractivity contribution is 0.0513. The van der Waals surface area contributed by atoms with Gasteiger partial charge in [-0.05, 0) is 93.8 Å². The molecule has 5 rings (SSSR count). The molecule has 1 atom stereocenters. The van der Waals surface area contributed by atoms with Gasteiger partial charge in [-0.25, -0.2) is 4.79 Å². The van der Waals surface area contributed by atoms with Gasteiger partial charge in [-0.2, -0.15) is 9.78 Å². The fourth-order valence-electron chi connectivity index (χ4n) is 4.85. The second-order valence-electron chi connectivity index (χ2n) is 10.7. The molecular weight excluding hydrogens is 450 g/mol. The zero-order valence-corrected chi connectivity index (χ0v) is 21.0. The molecule has 0 bridgehead atoms. The molecule has 0 saturated heterocycles. The average Bonchev–Trinajstić information content (AvgIpc) is 3.59. The molecule has 2 aliphatic rings.